The molecule has 1 N–H and O–H groups in total. The SMILES string of the molecule is CC(C)C1CCC(C(=O)N(C)CCN(C)C(=O)CC(C)(O)C2CC2)CC1. The van der Waals surface area contributed by atoms with Gasteiger partial charge in [-0.2, -0.15) is 0 Å². The number of carbonyl (C=O) groups excluding carboxylic acids is 2. The zero-order valence-corrected chi connectivity index (χ0v) is 17.3. The number of amides is 2. The van der Waals surface area contributed by atoms with Gasteiger partial charge in [0.25, 0.3) is 0 Å². The van der Waals surface area contributed by atoms with Crippen LogP contribution in [0.25, 0.3) is 0 Å². The molecule has 2 aliphatic rings. The Morgan fingerprint density at radius 1 is 1.00 bits per heavy atom. The van der Waals surface area contributed by atoms with E-state index in [4.69, 9.17) is 0 Å². The number of carbonyl (C=O) groups is 2. The van der Waals surface area contributed by atoms with E-state index in [1.165, 1.54) is 0 Å². The molecule has 150 valence electrons. The average Bonchev–Trinajstić information content (AvgIpc) is 3.44. The lowest BCUT2D eigenvalue weighted by molar-refractivity contribution is -0.139. The van der Waals surface area contributed by atoms with Crippen LogP contribution in [0.1, 0.15) is 65.7 Å². The predicted octanol–water partition coefficient (Wildman–Crippen LogP) is 2.92. The maximum absolute atomic E-state index is 12.7. The summed E-state index contributed by atoms with van der Waals surface area (Å²) in [7, 11) is 3.60. The summed E-state index contributed by atoms with van der Waals surface area (Å²) in [6, 6.07) is 0. The highest BCUT2D eigenvalue weighted by Crippen LogP contribution is 2.41. The maximum Gasteiger partial charge on any atom is 0.225 e. The minimum absolute atomic E-state index is 0.0415. The standard InChI is InChI=1S/C21H38N2O3/c1-15(2)16-6-8-17(9-7-16)20(25)23(5)13-12-22(4)19(24)14-21(3,26)18-10-11-18/h15-18,26H,6-14H2,1-5H3. The van der Waals surface area contributed by atoms with Crippen molar-refractivity contribution in [3.63, 3.8) is 0 Å². The van der Waals surface area contributed by atoms with E-state index in [-0.39, 0.29) is 30.1 Å². The van der Waals surface area contributed by atoms with Gasteiger partial charge in [0.05, 0.1) is 12.0 Å². The van der Waals surface area contributed by atoms with Gasteiger partial charge in [0.1, 0.15) is 0 Å². The molecule has 0 radical (unpaired) electrons. The highest BCUT2D eigenvalue weighted by molar-refractivity contribution is 5.79. The summed E-state index contributed by atoms with van der Waals surface area (Å²) < 4.78 is 0. The Morgan fingerprint density at radius 2 is 1.54 bits per heavy atom. The topological polar surface area (TPSA) is 60.9 Å². The molecule has 0 heterocycles. The van der Waals surface area contributed by atoms with Gasteiger partial charge >= 0.3 is 0 Å². The van der Waals surface area contributed by atoms with Crippen LogP contribution in [0.15, 0.2) is 0 Å². The fourth-order valence-corrected chi connectivity index (χ4v) is 4.17. The fourth-order valence-electron chi connectivity index (χ4n) is 4.17. The van der Waals surface area contributed by atoms with E-state index in [9.17, 15) is 14.7 Å². The molecular formula is C21H38N2O3. The maximum atomic E-state index is 12.7. The Kier molecular flexibility index (Phi) is 7.12. The molecule has 0 bridgehead atoms. The van der Waals surface area contributed by atoms with Gasteiger partial charge in [0.2, 0.25) is 11.8 Å². The van der Waals surface area contributed by atoms with Gasteiger partial charge in [0, 0.05) is 33.1 Å². The Hall–Kier alpha value is -1.10. The highest BCUT2D eigenvalue weighted by atomic mass is 16.3. The van der Waals surface area contributed by atoms with E-state index in [1.54, 1.807) is 23.8 Å². The van der Waals surface area contributed by atoms with Crippen molar-refractivity contribution in [1.29, 1.82) is 0 Å². The minimum atomic E-state index is -0.887. The molecule has 5 nitrogen and oxygen atoms in total. The van der Waals surface area contributed by atoms with Crippen LogP contribution in [-0.4, -0.2) is 59.5 Å². The lowest BCUT2D eigenvalue weighted by atomic mass is 9.76. The smallest absolute Gasteiger partial charge is 0.225 e. The van der Waals surface area contributed by atoms with Crippen molar-refractivity contribution in [2.75, 3.05) is 27.2 Å². The van der Waals surface area contributed by atoms with E-state index < -0.39 is 5.60 Å². The summed E-state index contributed by atoms with van der Waals surface area (Å²) >= 11 is 0. The van der Waals surface area contributed by atoms with Gasteiger partial charge in [-0.05, 0) is 63.2 Å². The second-order valence-corrected chi connectivity index (χ2v) is 9.24. The normalized spacial score (nSPS) is 25.7. The molecule has 0 aromatic rings. The summed E-state index contributed by atoms with van der Waals surface area (Å²) in [5, 5.41) is 10.4. The van der Waals surface area contributed by atoms with Crippen LogP contribution in [0.4, 0.5) is 0 Å². The van der Waals surface area contributed by atoms with Crippen LogP contribution in [0.5, 0.6) is 0 Å². The van der Waals surface area contributed by atoms with Crippen molar-refractivity contribution in [3.05, 3.63) is 0 Å². The average molecular weight is 367 g/mol. The molecule has 2 amide bonds. The van der Waals surface area contributed by atoms with E-state index in [0.29, 0.717) is 19.0 Å². The van der Waals surface area contributed by atoms with E-state index in [2.05, 4.69) is 13.8 Å². The first kappa shape index (κ1) is 21.2. The number of hydrogen-bond donors (Lipinski definition) is 1. The zero-order chi connectivity index (χ0) is 19.5. The number of rotatable bonds is 8. The largest absolute Gasteiger partial charge is 0.389 e. The van der Waals surface area contributed by atoms with Crippen molar-refractivity contribution >= 4 is 11.8 Å². The Bertz CT molecular complexity index is 491. The fraction of sp³-hybridized carbons (Fsp3) is 0.905. The minimum Gasteiger partial charge on any atom is -0.389 e. The number of likely N-dealkylation sites (N-methyl/N-ethyl adjacent to an activating group) is 2. The third-order valence-electron chi connectivity index (χ3n) is 6.60. The molecule has 0 aromatic heterocycles. The van der Waals surface area contributed by atoms with Crippen LogP contribution in [0, 0.1) is 23.7 Å². The second kappa shape index (κ2) is 8.73. The molecule has 26 heavy (non-hydrogen) atoms. The van der Waals surface area contributed by atoms with Crippen molar-refractivity contribution in [1.82, 2.24) is 9.80 Å². The zero-order valence-electron chi connectivity index (χ0n) is 17.3. The van der Waals surface area contributed by atoms with Gasteiger partial charge < -0.3 is 14.9 Å². The number of nitrogens with zero attached hydrogens (tertiary/aromatic N) is 2. The first-order valence-electron chi connectivity index (χ1n) is 10.3. The molecule has 5 heteroatoms. The molecule has 1 atom stereocenters. The number of aliphatic hydroxyl groups is 1. The third kappa shape index (κ3) is 5.70. The van der Waals surface area contributed by atoms with Crippen LogP contribution < -0.4 is 0 Å². The quantitative estimate of drug-likeness (QED) is 0.718. The van der Waals surface area contributed by atoms with Gasteiger partial charge in [-0.25, -0.2) is 0 Å². The molecule has 2 fully saturated rings. The van der Waals surface area contributed by atoms with Crippen molar-refractivity contribution in [2.45, 2.75) is 71.3 Å². The first-order valence-corrected chi connectivity index (χ1v) is 10.3. The highest BCUT2D eigenvalue weighted by Gasteiger charge is 2.41. The first-order chi connectivity index (χ1) is 12.1. The van der Waals surface area contributed by atoms with Gasteiger partial charge in [0.15, 0.2) is 0 Å². The molecular weight excluding hydrogens is 328 g/mol. The van der Waals surface area contributed by atoms with Gasteiger partial charge in [-0.15, -0.1) is 0 Å². The second-order valence-electron chi connectivity index (χ2n) is 9.24. The molecule has 2 rings (SSSR count). The van der Waals surface area contributed by atoms with Crippen LogP contribution in [0.3, 0.4) is 0 Å². The van der Waals surface area contributed by atoms with Gasteiger partial charge in [-0.1, -0.05) is 13.8 Å². The predicted molar refractivity (Wildman–Crippen MR) is 104 cm³/mol. The van der Waals surface area contributed by atoms with Gasteiger partial charge in [-0.3, -0.25) is 9.59 Å². The molecule has 0 aromatic carbocycles. The summed E-state index contributed by atoms with van der Waals surface area (Å²) in [6.07, 6.45) is 6.48. The van der Waals surface area contributed by atoms with E-state index in [0.717, 1.165) is 44.4 Å². The van der Waals surface area contributed by atoms with Crippen LogP contribution in [-0.2, 0) is 9.59 Å². The molecule has 1 unspecified atom stereocenters. The summed E-state index contributed by atoms with van der Waals surface area (Å²) in [4.78, 5) is 28.4. The Balaban J connectivity index is 1.72. The Morgan fingerprint density at radius 3 is 2.04 bits per heavy atom. The lowest BCUT2D eigenvalue weighted by Gasteiger charge is -2.33. The van der Waals surface area contributed by atoms with E-state index in [1.807, 2.05) is 7.05 Å². The lowest BCUT2D eigenvalue weighted by Crippen LogP contribution is -2.42. The molecule has 0 saturated heterocycles. The summed E-state index contributed by atoms with van der Waals surface area (Å²) in [5.74, 6) is 2.05. The molecule has 0 aliphatic heterocycles. The monoisotopic (exact) mass is 366 g/mol. The summed E-state index contributed by atoms with van der Waals surface area (Å²) in [6.45, 7) is 7.37. The van der Waals surface area contributed by atoms with Crippen molar-refractivity contribution in [2.24, 2.45) is 23.7 Å². The molecule has 2 aliphatic carbocycles. The van der Waals surface area contributed by atoms with Crippen molar-refractivity contribution < 1.29 is 14.7 Å². The molecule has 0 spiro atoms. The molecule has 2 saturated carbocycles. The van der Waals surface area contributed by atoms with E-state index >= 15 is 0 Å². The third-order valence-corrected chi connectivity index (χ3v) is 6.60. The van der Waals surface area contributed by atoms with Crippen molar-refractivity contribution in [3.8, 4) is 0 Å². The van der Waals surface area contributed by atoms with Crippen LogP contribution in [0.2, 0.25) is 0 Å². The van der Waals surface area contributed by atoms with Crippen LogP contribution >= 0.6 is 0 Å². The number of hydrogen-bond acceptors (Lipinski definition) is 3. The Labute approximate surface area is 159 Å². The summed E-state index contributed by atoms with van der Waals surface area (Å²) in [5.41, 5.74) is -0.887.